The Morgan fingerprint density at radius 1 is 1.12 bits per heavy atom. The topological polar surface area (TPSA) is 69.0 Å². The summed E-state index contributed by atoms with van der Waals surface area (Å²) < 4.78 is 7.03. The molecule has 1 amide bonds. The van der Waals surface area contributed by atoms with Crippen LogP contribution in [-0.2, 0) is 11.3 Å². The van der Waals surface area contributed by atoms with E-state index in [1.54, 1.807) is 4.68 Å². The molecule has 0 aliphatic rings. The third kappa shape index (κ3) is 3.53. The summed E-state index contributed by atoms with van der Waals surface area (Å²) in [6.07, 6.45) is -0.808. The van der Waals surface area contributed by atoms with Gasteiger partial charge in [-0.15, -0.1) is 5.10 Å². The number of para-hydroxylation sites is 1. The number of hydrogen-bond donors (Lipinski definition) is 1. The number of fused-ring (bicyclic) bond motifs is 1. The molecule has 0 spiro atoms. The number of benzene rings is 2. The van der Waals surface area contributed by atoms with Gasteiger partial charge in [-0.05, 0) is 23.6 Å². The lowest BCUT2D eigenvalue weighted by atomic mass is 10.1. The van der Waals surface area contributed by atoms with Crippen LogP contribution in [0.1, 0.15) is 25.6 Å². The van der Waals surface area contributed by atoms with Crippen molar-refractivity contribution in [3.05, 3.63) is 60.2 Å². The minimum atomic E-state index is -0.475. The van der Waals surface area contributed by atoms with Crippen LogP contribution in [0.5, 0.6) is 0 Å². The zero-order chi connectivity index (χ0) is 16.9. The molecule has 0 aliphatic carbocycles. The summed E-state index contributed by atoms with van der Waals surface area (Å²) in [7, 11) is 0. The third-order valence-electron chi connectivity index (χ3n) is 3.75. The first-order valence-electron chi connectivity index (χ1n) is 7.92. The van der Waals surface area contributed by atoms with Crippen LogP contribution in [0.25, 0.3) is 11.0 Å². The van der Waals surface area contributed by atoms with E-state index in [-0.39, 0.29) is 18.7 Å². The highest BCUT2D eigenvalue weighted by Crippen LogP contribution is 2.19. The highest BCUT2D eigenvalue weighted by atomic mass is 16.5. The second-order valence-electron chi connectivity index (χ2n) is 5.92. The van der Waals surface area contributed by atoms with E-state index in [1.165, 1.54) is 0 Å². The Hall–Kier alpha value is -2.89. The Kier molecular flexibility index (Phi) is 4.74. The second-order valence-corrected chi connectivity index (χ2v) is 5.92. The van der Waals surface area contributed by atoms with Crippen LogP contribution in [0, 0.1) is 5.92 Å². The molecule has 0 saturated heterocycles. The zero-order valence-corrected chi connectivity index (χ0v) is 13.7. The molecule has 1 N–H and O–H groups in total. The molecule has 2 aromatic carbocycles. The Morgan fingerprint density at radius 3 is 2.58 bits per heavy atom. The normalized spacial score (nSPS) is 12.3. The Bertz CT molecular complexity index is 814. The van der Waals surface area contributed by atoms with E-state index >= 15 is 0 Å². The van der Waals surface area contributed by atoms with Crippen molar-refractivity contribution in [2.75, 3.05) is 0 Å². The van der Waals surface area contributed by atoms with Gasteiger partial charge in [0.25, 0.3) is 0 Å². The molecule has 0 fully saturated rings. The van der Waals surface area contributed by atoms with Crippen molar-refractivity contribution in [3.63, 3.8) is 0 Å². The predicted octanol–water partition coefficient (Wildman–Crippen LogP) is 3.51. The van der Waals surface area contributed by atoms with Crippen molar-refractivity contribution in [2.45, 2.75) is 26.6 Å². The average molecular weight is 324 g/mol. The minimum absolute atomic E-state index is 0.124. The fourth-order valence-corrected chi connectivity index (χ4v) is 2.49. The number of hydrogen-bond acceptors (Lipinski definition) is 4. The molecule has 3 rings (SSSR count). The van der Waals surface area contributed by atoms with E-state index in [0.29, 0.717) is 0 Å². The fraction of sp³-hybridized carbons (Fsp3) is 0.278. The second kappa shape index (κ2) is 7.12. The summed E-state index contributed by atoms with van der Waals surface area (Å²) in [6, 6.07) is 17.2. The number of amides is 1. The fourth-order valence-electron chi connectivity index (χ4n) is 2.49. The third-order valence-corrected chi connectivity index (χ3v) is 3.75. The monoisotopic (exact) mass is 324 g/mol. The van der Waals surface area contributed by atoms with Gasteiger partial charge in [0.1, 0.15) is 18.3 Å². The van der Waals surface area contributed by atoms with E-state index < -0.39 is 6.09 Å². The van der Waals surface area contributed by atoms with Gasteiger partial charge < -0.3 is 4.74 Å². The van der Waals surface area contributed by atoms with Crippen LogP contribution < -0.4 is 5.32 Å². The number of ether oxygens (including phenoxy) is 1. The smallest absolute Gasteiger partial charge is 0.409 e. The van der Waals surface area contributed by atoms with Crippen LogP contribution in [0.4, 0.5) is 4.79 Å². The summed E-state index contributed by atoms with van der Waals surface area (Å²) >= 11 is 0. The van der Waals surface area contributed by atoms with Gasteiger partial charge in [0.2, 0.25) is 0 Å². The first-order valence-corrected chi connectivity index (χ1v) is 7.92. The van der Waals surface area contributed by atoms with Gasteiger partial charge in [0.05, 0.1) is 5.52 Å². The SMILES string of the molecule is CC(C)C(NC(=O)OCc1ccccc1)n1nnc2ccccc21. The Morgan fingerprint density at radius 2 is 1.83 bits per heavy atom. The summed E-state index contributed by atoms with van der Waals surface area (Å²) in [4.78, 5) is 12.2. The number of rotatable bonds is 5. The first kappa shape index (κ1) is 16.0. The maximum atomic E-state index is 12.2. The van der Waals surface area contributed by atoms with Crippen molar-refractivity contribution >= 4 is 17.1 Å². The number of carbonyl (C=O) groups is 1. The molecule has 3 aromatic rings. The molecule has 0 radical (unpaired) electrons. The van der Waals surface area contributed by atoms with Crippen molar-refractivity contribution in [1.29, 1.82) is 0 Å². The predicted molar refractivity (Wildman–Crippen MR) is 91.2 cm³/mol. The molecule has 0 aliphatic heterocycles. The average Bonchev–Trinajstić information content (AvgIpc) is 3.02. The molecule has 124 valence electrons. The molecular formula is C18H20N4O2. The van der Waals surface area contributed by atoms with Crippen molar-refractivity contribution in [1.82, 2.24) is 20.3 Å². The van der Waals surface area contributed by atoms with Crippen LogP contribution in [-0.4, -0.2) is 21.1 Å². The molecule has 1 heterocycles. The maximum absolute atomic E-state index is 12.2. The van der Waals surface area contributed by atoms with E-state index in [2.05, 4.69) is 15.6 Å². The van der Waals surface area contributed by atoms with Gasteiger partial charge >= 0.3 is 6.09 Å². The van der Waals surface area contributed by atoms with Crippen molar-refractivity contribution < 1.29 is 9.53 Å². The quantitative estimate of drug-likeness (QED) is 0.780. The Balaban J connectivity index is 1.71. The molecular weight excluding hydrogens is 304 g/mol. The highest BCUT2D eigenvalue weighted by Gasteiger charge is 2.22. The van der Waals surface area contributed by atoms with Gasteiger partial charge in [-0.1, -0.05) is 61.5 Å². The number of carbonyl (C=O) groups excluding carboxylic acids is 1. The molecule has 0 bridgehead atoms. The lowest BCUT2D eigenvalue weighted by Gasteiger charge is -2.22. The van der Waals surface area contributed by atoms with E-state index in [0.717, 1.165) is 16.6 Å². The molecule has 6 nitrogen and oxygen atoms in total. The number of nitrogens with zero attached hydrogens (tertiary/aromatic N) is 3. The van der Waals surface area contributed by atoms with Crippen LogP contribution in [0.3, 0.4) is 0 Å². The van der Waals surface area contributed by atoms with E-state index in [4.69, 9.17) is 4.74 Å². The molecule has 1 unspecified atom stereocenters. The number of aromatic nitrogens is 3. The number of nitrogens with one attached hydrogen (secondary N) is 1. The number of alkyl carbamates (subject to hydrolysis) is 1. The lowest BCUT2D eigenvalue weighted by molar-refractivity contribution is 0.124. The summed E-state index contributed by atoms with van der Waals surface area (Å²) in [5, 5.41) is 11.2. The highest BCUT2D eigenvalue weighted by molar-refractivity contribution is 5.74. The van der Waals surface area contributed by atoms with Gasteiger partial charge in [-0.3, -0.25) is 5.32 Å². The molecule has 1 aromatic heterocycles. The summed E-state index contributed by atoms with van der Waals surface area (Å²) in [6.45, 7) is 4.26. The molecule has 24 heavy (non-hydrogen) atoms. The molecule has 0 saturated carbocycles. The minimum Gasteiger partial charge on any atom is -0.445 e. The van der Waals surface area contributed by atoms with E-state index in [1.807, 2.05) is 68.4 Å². The summed E-state index contributed by atoms with van der Waals surface area (Å²) in [5.74, 6) is 0.124. The van der Waals surface area contributed by atoms with Crippen LogP contribution in [0.15, 0.2) is 54.6 Å². The van der Waals surface area contributed by atoms with Gasteiger partial charge in [0, 0.05) is 0 Å². The standard InChI is InChI=1S/C18H20N4O2/c1-13(2)17(22-16-11-7-6-10-15(16)20-21-22)19-18(23)24-12-14-8-4-3-5-9-14/h3-11,13,17H,12H2,1-2H3,(H,19,23). The summed E-state index contributed by atoms with van der Waals surface area (Å²) in [5.41, 5.74) is 2.61. The maximum Gasteiger partial charge on any atom is 0.409 e. The molecule has 6 heteroatoms. The van der Waals surface area contributed by atoms with Gasteiger partial charge in [-0.2, -0.15) is 0 Å². The zero-order valence-electron chi connectivity index (χ0n) is 13.7. The van der Waals surface area contributed by atoms with Gasteiger partial charge in [-0.25, -0.2) is 9.48 Å². The Labute approximate surface area is 140 Å². The van der Waals surface area contributed by atoms with Crippen molar-refractivity contribution in [2.24, 2.45) is 5.92 Å². The lowest BCUT2D eigenvalue weighted by Crippen LogP contribution is -2.36. The molecule has 1 atom stereocenters. The van der Waals surface area contributed by atoms with E-state index in [9.17, 15) is 4.79 Å². The van der Waals surface area contributed by atoms with Crippen LogP contribution in [0.2, 0.25) is 0 Å². The van der Waals surface area contributed by atoms with Gasteiger partial charge in [0.15, 0.2) is 0 Å². The largest absolute Gasteiger partial charge is 0.445 e. The first-order chi connectivity index (χ1) is 11.6. The van der Waals surface area contributed by atoms with Crippen molar-refractivity contribution in [3.8, 4) is 0 Å². The van der Waals surface area contributed by atoms with Crippen LogP contribution >= 0.6 is 0 Å².